The van der Waals surface area contributed by atoms with Gasteiger partial charge in [-0.15, -0.1) is 0 Å². The van der Waals surface area contributed by atoms with Crippen LogP contribution in [-0.4, -0.2) is 80.6 Å². The number of nitrogens with zero attached hydrogens (tertiary/aromatic N) is 3. The van der Waals surface area contributed by atoms with Crippen molar-refractivity contribution >= 4 is 29.1 Å². The molecule has 2 aliphatic heterocycles. The molecule has 32 heavy (non-hydrogen) atoms. The Labute approximate surface area is 193 Å². The summed E-state index contributed by atoms with van der Waals surface area (Å²) in [5.74, 6) is -0.159. The molecule has 0 aromatic heterocycles. The van der Waals surface area contributed by atoms with E-state index in [0.717, 1.165) is 24.3 Å². The Morgan fingerprint density at radius 2 is 1.81 bits per heavy atom. The molecule has 2 fully saturated rings. The summed E-state index contributed by atoms with van der Waals surface area (Å²) in [6.45, 7) is 4.99. The number of carbonyl (C=O) groups is 2. The summed E-state index contributed by atoms with van der Waals surface area (Å²) in [5, 5.41) is 3.38. The van der Waals surface area contributed by atoms with Crippen molar-refractivity contribution in [1.82, 2.24) is 15.1 Å². The molecule has 4 rings (SSSR count). The molecule has 8 heteroatoms. The van der Waals surface area contributed by atoms with Gasteiger partial charge < -0.3 is 19.9 Å². The van der Waals surface area contributed by atoms with Gasteiger partial charge in [0.2, 0.25) is 5.91 Å². The summed E-state index contributed by atoms with van der Waals surface area (Å²) in [5.41, 5.74) is 2.59. The second-order valence-corrected chi connectivity index (χ2v) is 8.51. The highest BCUT2D eigenvalue weighted by molar-refractivity contribution is 6.33. The third-order valence-electron chi connectivity index (χ3n) is 6.10. The van der Waals surface area contributed by atoms with E-state index in [1.165, 1.54) is 0 Å². The normalized spacial score (nSPS) is 19.6. The maximum atomic E-state index is 13.4. The van der Waals surface area contributed by atoms with Crippen LogP contribution in [0.3, 0.4) is 0 Å². The van der Waals surface area contributed by atoms with Gasteiger partial charge in [-0.25, -0.2) is 0 Å². The van der Waals surface area contributed by atoms with Gasteiger partial charge in [0.1, 0.15) is 6.04 Å². The zero-order chi connectivity index (χ0) is 22.5. The number of amides is 2. The van der Waals surface area contributed by atoms with Crippen LogP contribution in [0.15, 0.2) is 48.5 Å². The lowest BCUT2D eigenvalue weighted by Gasteiger charge is -2.40. The molecule has 0 unspecified atom stereocenters. The monoisotopic (exact) mass is 456 g/mol. The van der Waals surface area contributed by atoms with Crippen molar-refractivity contribution in [3.8, 4) is 0 Å². The highest BCUT2D eigenvalue weighted by Crippen LogP contribution is 2.28. The molecular formula is C24H29ClN4O3. The van der Waals surface area contributed by atoms with Crippen LogP contribution in [0, 0.1) is 0 Å². The van der Waals surface area contributed by atoms with Gasteiger partial charge in [0, 0.05) is 51.9 Å². The van der Waals surface area contributed by atoms with Crippen LogP contribution in [-0.2, 0) is 16.1 Å². The lowest BCUT2D eigenvalue weighted by molar-refractivity contribution is -0.128. The minimum Gasteiger partial charge on any atom is -0.378 e. The van der Waals surface area contributed by atoms with E-state index in [0.29, 0.717) is 50.0 Å². The summed E-state index contributed by atoms with van der Waals surface area (Å²) >= 11 is 6.43. The third-order valence-corrected chi connectivity index (χ3v) is 6.42. The minimum absolute atomic E-state index is 0.0792. The van der Waals surface area contributed by atoms with Crippen LogP contribution in [0.2, 0.25) is 5.02 Å². The number of hydrogen-bond acceptors (Lipinski definition) is 5. The topological polar surface area (TPSA) is 65.1 Å². The van der Waals surface area contributed by atoms with E-state index >= 15 is 0 Å². The number of benzene rings is 2. The molecule has 1 atom stereocenters. The molecule has 7 nitrogen and oxygen atoms in total. The minimum atomic E-state index is -0.399. The lowest BCUT2D eigenvalue weighted by atomic mass is 10.1. The first-order valence-corrected chi connectivity index (χ1v) is 11.4. The van der Waals surface area contributed by atoms with Crippen LogP contribution < -0.4 is 10.2 Å². The molecule has 2 aromatic rings. The van der Waals surface area contributed by atoms with Gasteiger partial charge in [-0.05, 0) is 23.8 Å². The van der Waals surface area contributed by atoms with Crippen molar-refractivity contribution < 1.29 is 14.3 Å². The second-order valence-electron chi connectivity index (χ2n) is 8.10. The Balaban J connectivity index is 1.50. The van der Waals surface area contributed by atoms with Gasteiger partial charge in [-0.3, -0.25) is 14.5 Å². The van der Waals surface area contributed by atoms with Crippen LogP contribution in [0.25, 0.3) is 0 Å². The number of carbonyl (C=O) groups excluding carboxylic acids is 2. The van der Waals surface area contributed by atoms with E-state index in [1.54, 1.807) is 24.1 Å². The Kier molecular flexibility index (Phi) is 7.29. The summed E-state index contributed by atoms with van der Waals surface area (Å²) < 4.78 is 5.43. The number of halogens is 1. The van der Waals surface area contributed by atoms with Crippen molar-refractivity contribution in [2.75, 3.05) is 57.9 Å². The number of anilines is 1. The van der Waals surface area contributed by atoms with E-state index in [4.69, 9.17) is 16.3 Å². The van der Waals surface area contributed by atoms with E-state index in [2.05, 4.69) is 27.2 Å². The zero-order valence-corrected chi connectivity index (χ0v) is 19.1. The van der Waals surface area contributed by atoms with Crippen LogP contribution >= 0.6 is 11.6 Å². The SMILES string of the molecule is CNC(=O)[C@@H]1CN(C(=O)c2ccc(Cl)c(N3CCOCC3)c2)CCN1Cc1ccccc1. The Morgan fingerprint density at radius 3 is 2.53 bits per heavy atom. The van der Waals surface area contributed by atoms with Crippen molar-refractivity contribution in [2.24, 2.45) is 0 Å². The number of rotatable bonds is 5. The molecule has 2 aromatic carbocycles. The van der Waals surface area contributed by atoms with Gasteiger partial charge in [-0.2, -0.15) is 0 Å². The van der Waals surface area contributed by atoms with Crippen LogP contribution in [0.4, 0.5) is 5.69 Å². The molecule has 2 amide bonds. The number of nitrogens with one attached hydrogen (secondary N) is 1. The van der Waals surface area contributed by atoms with E-state index in [-0.39, 0.29) is 11.8 Å². The summed E-state index contributed by atoms with van der Waals surface area (Å²) in [6.07, 6.45) is 0. The number of likely N-dealkylation sites (N-methyl/N-ethyl adjacent to an activating group) is 1. The Morgan fingerprint density at radius 1 is 1.06 bits per heavy atom. The largest absolute Gasteiger partial charge is 0.378 e. The molecule has 2 heterocycles. The molecule has 0 aliphatic carbocycles. The maximum absolute atomic E-state index is 13.4. The third kappa shape index (κ3) is 5.06. The van der Waals surface area contributed by atoms with E-state index in [1.807, 2.05) is 24.3 Å². The number of hydrogen-bond donors (Lipinski definition) is 1. The summed E-state index contributed by atoms with van der Waals surface area (Å²) in [7, 11) is 1.64. The molecule has 2 saturated heterocycles. The first-order valence-electron chi connectivity index (χ1n) is 11.0. The Hall–Kier alpha value is -2.61. The van der Waals surface area contributed by atoms with E-state index in [9.17, 15) is 9.59 Å². The molecular weight excluding hydrogens is 428 g/mol. The summed E-state index contributed by atoms with van der Waals surface area (Å²) in [6, 6.07) is 15.1. The molecule has 170 valence electrons. The molecule has 0 saturated carbocycles. The first kappa shape index (κ1) is 22.6. The summed E-state index contributed by atoms with van der Waals surface area (Å²) in [4.78, 5) is 32.1. The fourth-order valence-electron chi connectivity index (χ4n) is 4.30. The second kappa shape index (κ2) is 10.3. The average Bonchev–Trinajstić information content (AvgIpc) is 2.85. The maximum Gasteiger partial charge on any atom is 0.254 e. The van der Waals surface area contributed by atoms with Crippen LogP contribution in [0.5, 0.6) is 0 Å². The highest BCUT2D eigenvalue weighted by Gasteiger charge is 2.34. The fraction of sp³-hybridized carbons (Fsp3) is 0.417. The molecule has 0 spiro atoms. The van der Waals surface area contributed by atoms with E-state index < -0.39 is 6.04 Å². The standard InChI is InChI=1S/C24H29ClN4O3/c1-26-23(30)22-17-29(10-9-28(22)16-18-5-3-2-4-6-18)24(31)19-7-8-20(25)21(15-19)27-11-13-32-14-12-27/h2-8,15,22H,9-14,16-17H2,1H3,(H,26,30)/t22-/m0/s1. The number of piperazine rings is 1. The lowest BCUT2D eigenvalue weighted by Crippen LogP contribution is -2.59. The van der Waals surface area contributed by atoms with Gasteiger partial charge in [0.05, 0.1) is 23.9 Å². The first-order chi connectivity index (χ1) is 15.6. The number of morpholine rings is 1. The van der Waals surface area contributed by atoms with Crippen molar-refractivity contribution in [1.29, 1.82) is 0 Å². The van der Waals surface area contributed by atoms with Crippen LogP contribution in [0.1, 0.15) is 15.9 Å². The van der Waals surface area contributed by atoms with Crippen molar-refractivity contribution in [3.05, 3.63) is 64.7 Å². The highest BCUT2D eigenvalue weighted by atomic mass is 35.5. The molecule has 0 radical (unpaired) electrons. The molecule has 1 N–H and O–H groups in total. The fourth-order valence-corrected chi connectivity index (χ4v) is 4.54. The zero-order valence-electron chi connectivity index (χ0n) is 18.3. The van der Waals surface area contributed by atoms with Gasteiger partial charge in [0.15, 0.2) is 0 Å². The molecule has 0 bridgehead atoms. The van der Waals surface area contributed by atoms with Crippen molar-refractivity contribution in [2.45, 2.75) is 12.6 Å². The van der Waals surface area contributed by atoms with Gasteiger partial charge >= 0.3 is 0 Å². The van der Waals surface area contributed by atoms with Gasteiger partial charge in [0.25, 0.3) is 5.91 Å². The Bertz CT molecular complexity index is 950. The predicted octanol–water partition coefficient (Wildman–Crippen LogP) is 2.25. The van der Waals surface area contributed by atoms with Gasteiger partial charge in [-0.1, -0.05) is 41.9 Å². The smallest absolute Gasteiger partial charge is 0.254 e. The quantitative estimate of drug-likeness (QED) is 0.747. The number of ether oxygens (including phenoxy) is 1. The average molecular weight is 457 g/mol. The predicted molar refractivity (Wildman–Crippen MR) is 125 cm³/mol. The van der Waals surface area contributed by atoms with Crippen molar-refractivity contribution in [3.63, 3.8) is 0 Å². The molecule has 2 aliphatic rings.